The summed E-state index contributed by atoms with van der Waals surface area (Å²) < 4.78 is 5.67. The van der Waals surface area contributed by atoms with Crippen LogP contribution in [0, 0.1) is 17.8 Å². The molecule has 0 amide bonds. The quantitative estimate of drug-likeness (QED) is 0.611. The van der Waals surface area contributed by atoms with Gasteiger partial charge in [0.1, 0.15) is 5.75 Å². The van der Waals surface area contributed by atoms with Crippen molar-refractivity contribution in [2.24, 2.45) is 17.8 Å². The lowest BCUT2D eigenvalue weighted by molar-refractivity contribution is -0.137. The molecular formula is C20H27NO3. The van der Waals surface area contributed by atoms with E-state index in [1.807, 2.05) is 6.07 Å². The standard InChI is InChI=1S/C20H27NO3/c21-17-9-16(3-4-18(17)24-5-1-2-19(22)23)20-10-13-6-14(11-20)8-15(7-13)12-20/h3-4,9,13-15H,1-2,5-8,10-12,21H2,(H,22,23). The number of anilines is 1. The molecule has 0 saturated heterocycles. The van der Waals surface area contributed by atoms with Crippen molar-refractivity contribution in [1.82, 2.24) is 0 Å². The Balaban J connectivity index is 1.47. The van der Waals surface area contributed by atoms with E-state index < -0.39 is 5.97 Å². The topological polar surface area (TPSA) is 72.5 Å². The smallest absolute Gasteiger partial charge is 0.303 e. The molecule has 4 aliphatic carbocycles. The van der Waals surface area contributed by atoms with E-state index in [4.69, 9.17) is 15.6 Å². The van der Waals surface area contributed by atoms with Crippen LogP contribution >= 0.6 is 0 Å². The van der Waals surface area contributed by atoms with Crippen molar-refractivity contribution in [3.63, 3.8) is 0 Å². The lowest BCUT2D eigenvalue weighted by Crippen LogP contribution is -2.48. The van der Waals surface area contributed by atoms with Gasteiger partial charge < -0.3 is 15.6 Å². The molecule has 0 aromatic heterocycles. The third-order valence-electron chi connectivity index (χ3n) is 6.45. The second kappa shape index (κ2) is 5.98. The minimum atomic E-state index is -0.788. The predicted octanol–water partition coefficient (Wildman–Crippen LogP) is 3.98. The molecule has 0 aliphatic heterocycles. The van der Waals surface area contributed by atoms with Crippen molar-refractivity contribution in [3.8, 4) is 5.75 Å². The van der Waals surface area contributed by atoms with Crippen molar-refractivity contribution in [1.29, 1.82) is 0 Å². The van der Waals surface area contributed by atoms with Crippen LogP contribution < -0.4 is 10.5 Å². The van der Waals surface area contributed by atoms with Gasteiger partial charge in [0.15, 0.2) is 0 Å². The Morgan fingerprint density at radius 3 is 2.33 bits per heavy atom. The first kappa shape index (κ1) is 15.8. The number of aliphatic carboxylic acids is 1. The molecular weight excluding hydrogens is 302 g/mol. The lowest BCUT2D eigenvalue weighted by Gasteiger charge is -2.57. The van der Waals surface area contributed by atoms with Gasteiger partial charge in [-0.3, -0.25) is 4.79 Å². The second-order valence-corrected chi connectivity index (χ2v) is 8.30. The number of ether oxygens (including phenoxy) is 1. The van der Waals surface area contributed by atoms with E-state index in [9.17, 15) is 4.79 Å². The van der Waals surface area contributed by atoms with Gasteiger partial charge in [0.05, 0.1) is 12.3 Å². The first-order chi connectivity index (χ1) is 11.5. The average Bonchev–Trinajstić information content (AvgIpc) is 2.51. The average molecular weight is 329 g/mol. The van der Waals surface area contributed by atoms with Gasteiger partial charge in [-0.05, 0) is 85.8 Å². The minimum absolute atomic E-state index is 0.130. The van der Waals surface area contributed by atoms with Gasteiger partial charge in [-0.25, -0.2) is 0 Å². The number of carboxylic acid groups (broad SMARTS) is 1. The van der Waals surface area contributed by atoms with E-state index in [1.165, 1.54) is 44.1 Å². The first-order valence-electron chi connectivity index (χ1n) is 9.29. The van der Waals surface area contributed by atoms with Crippen molar-refractivity contribution in [2.45, 2.75) is 56.8 Å². The monoisotopic (exact) mass is 329 g/mol. The highest BCUT2D eigenvalue weighted by Crippen LogP contribution is 2.60. The van der Waals surface area contributed by atoms with Crippen LogP contribution in [0.25, 0.3) is 0 Å². The van der Waals surface area contributed by atoms with E-state index in [-0.39, 0.29) is 6.42 Å². The van der Waals surface area contributed by atoms with E-state index in [1.54, 1.807) is 0 Å². The summed E-state index contributed by atoms with van der Waals surface area (Å²) in [6.45, 7) is 0.396. The van der Waals surface area contributed by atoms with Crippen LogP contribution in [-0.2, 0) is 10.2 Å². The van der Waals surface area contributed by atoms with Gasteiger partial charge in [0.2, 0.25) is 0 Å². The predicted molar refractivity (Wildman–Crippen MR) is 93.1 cm³/mol. The fourth-order valence-corrected chi connectivity index (χ4v) is 5.88. The second-order valence-electron chi connectivity index (χ2n) is 8.30. The largest absolute Gasteiger partial charge is 0.491 e. The van der Waals surface area contributed by atoms with Crippen LogP contribution in [0.5, 0.6) is 5.75 Å². The maximum absolute atomic E-state index is 10.5. The Kier molecular flexibility index (Phi) is 3.93. The molecule has 0 unspecified atom stereocenters. The normalized spacial score (nSPS) is 33.6. The molecule has 0 radical (unpaired) electrons. The number of hydrogen-bond acceptors (Lipinski definition) is 3. The molecule has 0 spiro atoms. The number of nitrogen functional groups attached to an aromatic ring is 1. The van der Waals surface area contributed by atoms with Crippen LogP contribution in [0.2, 0.25) is 0 Å². The zero-order chi connectivity index (χ0) is 16.7. The molecule has 4 nitrogen and oxygen atoms in total. The summed E-state index contributed by atoms with van der Waals surface area (Å²) in [7, 11) is 0. The van der Waals surface area contributed by atoms with E-state index in [0.717, 1.165) is 17.8 Å². The van der Waals surface area contributed by atoms with Gasteiger partial charge in [-0.1, -0.05) is 6.07 Å². The summed E-state index contributed by atoms with van der Waals surface area (Å²) in [6, 6.07) is 6.32. The van der Waals surface area contributed by atoms with E-state index >= 15 is 0 Å². The molecule has 0 heterocycles. The van der Waals surface area contributed by atoms with E-state index in [2.05, 4.69) is 12.1 Å². The Hall–Kier alpha value is -1.71. The fraction of sp³-hybridized carbons (Fsp3) is 0.650. The van der Waals surface area contributed by atoms with Gasteiger partial charge in [0.25, 0.3) is 0 Å². The van der Waals surface area contributed by atoms with Gasteiger partial charge in [-0.15, -0.1) is 0 Å². The maximum atomic E-state index is 10.5. The first-order valence-corrected chi connectivity index (χ1v) is 9.29. The van der Waals surface area contributed by atoms with Crippen LogP contribution in [-0.4, -0.2) is 17.7 Å². The highest BCUT2D eigenvalue weighted by Gasteiger charge is 2.51. The summed E-state index contributed by atoms with van der Waals surface area (Å²) in [5.74, 6) is 2.66. The summed E-state index contributed by atoms with van der Waals surface area (Å²) in [6.07, 6.45) is 8.96. The molecule has 3 N–H and O–H groups in total. The summed E-state index contributed by atoms with van der Waals surface area (Å²) in [5.41, 5.74) is 8.69. The molecule has 1 aromatic carbocycles. The highest BCUT2D eigenvalue weighted by molar-refractivity contribution is 5.66. The zero-order valence-electron chi connectivity index (χ0n) is 14.2. The summed E-state index contributed by atoms with van der Waals surface area (Å²) in [4.78, 5) is 10.5. The minimum Gasteiger partial charge on any atom is -0.491 e. The molecule has 4 fully saturated rings. The molecule has 4 heteroatoms. The van der Waals surface area contributed by atoms with Crippen molar-refractivity contribution < 1.29 is 14.6 Å². The van der Waals surface area contributed by atoms with Crippen LogP contribution in [0.1, 0.15) is 56.9 Å². The molecule has 5 rings (SSSR count). The number of hydrogen-bond donors (Lipinski definition) is 2. The van der Waals surface area contributed by atoms with Gasteiger partial charge in [-0.2, -0.15) is 0 Å². The number of nitrogens with two attached hydrogens (primary N) is 1. The number of carboxylic acids is 1. The van der Waals surface area contributed by atoms with Crippen LogP contribution in [0.15, 0.2) is 18.2 Å². The Morgan fingerprint density at radius 2 is 1.79 bits per heavy atom. The number of rotatable bonds is 6. The molecule has 1 aromatic rings. The molecule has 0 atom stereocenters. The number of benzene rings is 1. The fourth-order valence-electron chi connectivity index (χ4n) is 5.88. The molecule has 4 aliphatic rings. The Morgan fingerprint density at radius 1 is 1.17 bits per heavy atom. The van der Waals surface area contributed by atoms with Crippen LogP contribution in [0.4, 0.5) is 5.69 Å². The van der Waals surface area contributed by atoms with Gasteiger partial charge >= 0.3 is 5.97 Å². The molecule has 4 bridgehead atoms. The molecule has 130 valence electrons. The van der Waals surface area contributed by atoms with Crippen molar-refractivity contribution in [2.75, 3.05) is 12.3 Å². The molecule has 24 heavy (non-hydrogen) atoms. The summed E-state index contributed by atoms with van der Waals surface area (Å²) in [5, 5.41) is 8.67. The SMILES string of the molecule is Nc1cc(C23CC4CC(CC(C4)C2)C3)ccc1OCCCC(=O)O. The number of carbonyl (C=O) groups is 1. The van der Waals surface area contributed by atoms with Crippen LogP contribution in [0.3, 0.4) is 0 Å². The van der Waals surface area contributed by atoms with Crippen molar-refractivity contribution >= 4 is 11.7 Å². The maximum Gasteiger partial charge on any atom is 0.303 e. The Labute approximate surface area is 143 Å². The molecule has 4 saturated carbocycles. The lowest BCUT2D eigenvalue weighted by atomic mass is 9.48. The Bertz CT molecular complexity index is 604. The third kappa shape index (κ3) is 2.87. The third-order valence-corrected chi connectivity index (χ3v) is 6.45. The van der Waals surface area contributed by atoms with Gasteiger partial charge in [0, 0.05) is 6.42 Å². The summed E-state index contributed by atoms with van der Waals surface area (Å²) >= 11 is 0. The van der Waals surface area contributed by atoms with Crippen molar-refractivity contribution in [3.05, 3.63) is 23.8 Å². The van der Waals surface area contributed by atoms with E-state index in [0.29, 0.717) is 29.9 Å². The highest BCUT2D eigenvalue weighted by atomic mass is 16.5. The zero-order valence-corrected chi connectivity index (χ0v) is 14.2.